The third-order valence-corrected chi connectivity index (χ3v) is 4.33. The van der Waals surface area contributed by atoms with E-state index in [0.29, 0.717) is 11.3 Å². The average molecular weight is 343 g/mol. The van der Waals surface area contributed by atoms with Crippen molar-refractivity contribution >= 4 is 16.8 Å². The van der Waals surface area contributed by atoms with Crippen LogP contribution < -0.4 is 5.32 Å². The summed E-state index contributed by atoms with van der Waals surface area (Å²) in [5.74, 6) is 0.522. The van der Waals surface area contributed by atoms with Gasteiger partial charge in [-0.25, -0.2) is 0 Å². The van der Waals surface area contributed by atoms with Gasteiger partial charge in [0, 0.05) is 23.5 Å². The fourth-order valence-electron chi connectivity index (χ4n) is 2.90. The molecule has 2 heterocycles. The van der Waals surface area contributed by atoms with Crippen LogP contribution >= 0.6 is 0 Å². The van der Waals surface area contributed by atoms with Crippen LogP contribution in [-0.2, 0) is 0 Å². The number of carbonyl (C=O) groups is 1. The first kappa shape index (κ1) is 16.0. The second-order valence-corrected chi connectivity index (χ2v) is 6.09. The van der Waals surface area contributed by atoms with Crippen molar-refractivity contribution in [3.8, 4) is 11.3 Å². The average Bonchev–Trinajstić information content (AvgIpc) is 3.12. The number of benzene rings is 2. The summed E-state index contributed by atoms with van der Waals surface area (Å²) in [5.41, 5.74) is 3.23. The quantitative estimate of drug-likeness (QED) is 0.597. The van der Waals surface area contributed by atoms with Crippen LogP contribution in [0.4, 0.5) is 0 Å². The molecule has 2 aromatic carbocycles. The van der Waals surface area contributed by atoms with Crippen molar-refractivity contribution in [2.75, 3.05) is 0 Å². The van der Waals surface area contributed by atoms with Gasteiger partial charge in [0.05, 0.1) is 11.4 Å². The summed E-state index contributed by atoms with van der Waals surface area (Å²) in [6, 6.07) is 18.8. The maximum atomic E-state index is 12.7. The van der Waals surface area contributed by atoms with E-state index in [0.717, 1.165) is 22.0 Å². The normalized spacial score (nSPS) is 12.0. The van der Waals surface area contributed by atoms with Gasteiger partial charge >= 0.3 is 0 Å². The highest BCUT2D eigenvalue weighted by atomic mass is 16.5. The van der Waals surface area contributed by atoms with Gasteiger partial charge in [0.15, 0.2) is 5.76 Å². The standard InChI is InChI=1S/C21H17N3O2/c1-14(15-9-11-22-12-10-15)23-21(25)17-7-8-19-18(13-17)20(26-24-19)16-5-3-2-4-6-16/h2-14H,1H3,(H,23,25). The maximum absolute atomic E-state index is 12.7. The van der Waals surface area contributed by atoms with Crippen molar-refractivity contribution in [2.45, 2.75) is 13.0 Å². The smallest absolute Gasteiger partial charge is 0.251 e. The number of pyridine rings is 1. The van der Waals surface area contributed by atoms with Gasteiger partial charge in [-0.15, -0.1) is 0 Å². The Hall–Kier alpha value is -3.47. The molecule has 1 amide bonds. The molecule has 26 heavy (non-hydrogen) atoms. The summed E-state index contributed by atoms with van der Waals surface area (Å²) < 4.78 is 5.50. The number of nitrogens with one attached hydrogen (secondary N) is 1. The molecular formula is C21H17N3O2. The monoisotopic (exact) mass is 343 g/mol. The fraction of sp³-hybridized carbons (Fsp3) is 0.0952. The molecule has 1 unspecified atom stereocenters. The summed E-state index contributed by atoms with van der Waals surface area (Å²) in [6.07, 6.45) is 3.43. The van der Waals surface area contributed by atoms with Crippen LogP contribution in [0.15, 0.2) is 77.6 Å². The van der Waals surface area contributed by atoms with E-state index < -0.39 is 0 Å². The zero-order valence-corrected chi connectivity index (χ0v) is 14.2. The number of hydrogen-bond acceptors (Lipinski definition) is 4. The van der Waals surface area contributed by atoms with E-state index in [4.69, 9.17) is 4.52 Å². The number of amides is 1. The van der Waals surface area contributed by atoms with E-state index in [1.165, 1.54) is 0 Å². The van der Waals surface area contributed by atoms with Gasteiger partial charge in [0.2, 0.25) is 0 Å². The zero-order valence-electron chi connectivity index (χ0n) is 14.2. The minimum atomic E-state index is -0.142. The molecule has 5 nitrogen and oxygen atoms in total. The number of rotatable bonds is 4. The van der Waals surface area contributed by atoms with Crippen LogP contribution in [0.25, 0.3) is 22.2 Å². The highest BCUT2D eigenvalue weighted by Gasteiger charge is 2.15. The summed E-state index contributed by atoms with van der Waals surface area (Å²) >= 11 is 0. The Kier molecular flexibility index (Phi) is 4.19. The second-order valence-electron chi connectivity index (χ2n) is 6.09. The molecule has 0 saturated carbocycles. The summed E-state index contributed by atoms with van der Waals surface area (Å²) in [6.45, 7) is 1.95. The number of fused-ring (bicyclic) bond motifs is 1. The lowest BCUT2D eigenvalue weighted by molar-refractivity contribution is 0.0940. The van der Waals surface area contributed by atoms with Crippen LogP contribution in [0.3, 0.4) is 0 Å². The highest BCUT2D eigenvalue weighted by molar-refractivity contribution is 6.01. The molecule has 0 aliphatic heterocycles. The second kappa shape index (κ2) is 6.80. The highest BCUT2D eigenvalue weighted by Crippen LogP contribution is 2.29. The van der Waals surface area contributed by atoms with Gasteiger partial charge in [0.1, 0.15) is 5.52 Å². The topological polar surface area (TPSA) is 68.0 Å². The van der Waals surface area contributed by atoms with E-state index in [1.54, 1.807) is 24.5 Å². The summed E-state index contributed by atoms with van der Waals surface area (Å²) in [5, 5.41) is 7.92. The predicted octanol–water partition coefficient (Wildman–Crippen LogP) is 4.38. The fourth-order valence-corrected chi connectivity index (χ4v) is 2.90. The Labute approximate surface area is 150 Å². The lowest BCUT2D eigenvalue weighted by atomic mass is 10.1. The van der Waals surface area contributed by atoms with Gasteiger partial charge in [-0.3, -0.25) is 9.78 Å². The molecular weight excluding hydrogens is 326 g/mol. The molecule has 2 aromatic heterocycles. The number of carbonyl (C=O) groups excluding carboxylic acids is 1. The van der Waals surface area contributed by atoms with Crippen LogP contribution in [0.2, 0.25) is 0 Å². The lowest BCUT2D eigenvalue weighted by Crippen LogP contribution is -2.26. The van der Waals surface area contributed by atoms with E-state index in [-0.39, 0.29) is 11.9 Å². The van der Waals surface area contributed by atoms with E-state index >= 15 is 0 Å². The van der Waals surface area contributed by atoms with Crippen LogP contribution in [0, 0.1) is 0 Å². The minimum absolute atomic E-state index is 0.114. The Morgan fingerprint density at radius 2 is 1.81 bits per heavy atom. The lowest BCUT2D eigenvalue weighted by Gasteiger charge is -2.14. The molecule has 0 aliphatic rings. The Morgan fingerprint density at radius 3 is 2.58 bits per heavy atom. The Morgan fingerprint density at radius 1 is 1.04 bits per heavy atom. The number of hydrogen-bond donors (Lipinski definition) is 1. The molecule has 0 aliphatic carbocycles. The van der Waals surface area contributed by atoms with Gasteiger partial charge < -0.3 is 9.84 Å². The van der Waals surface area contributed by atoms with Gasteiger partial charge in [-0.05, 0) is 42.8 Å². The van der Waals surface area contributed by atoms with Crippen molar-refractivity contribution < 1.29 is 9.32 Å². The van der Waals surface area contributed by atoms with Crippen molar-refractivity contribution in [2.24, 2.45) is 0 Å². The van der Waals surface area contributed by atoms with Gasteiger partial charge in [0.25, 0.3) is 5.91 Å². The molecule has 4 rings (SSSR count). The Balaban J connectivity index is 1.64. The van der Waals surface area contributed by atoms with E-state index in [9.17, 15) is 4.79 Å². The van der Waals surface area contributed by atoms with E-state index in [1.807, 2.05) is 55.5 Å². The van der Waals surface area contributed by atoms with Gasteiger partial charge in [-0.1, -0.05) is 35.5 Å². The third kappa shape index (κ3) is 3.07. The molecule has 5 heteroatoms. The molecule has 1 atom stereocenters. The molecule has 128 valence electrons. The molecule has 0 saturated heterocycles. The first-order valence-electron chi connectivity index (χ1n) is 8.38. The van der Waals surface area contributed by atoms with Crippen LogP contribution in [0.5, 0.6) is 0 Å². The Bertz CT molecular complexity index is 1040. The van der Waals surface area contributed by atoms with Crippen LogP contribution in [0.1, 0.15) is 28.9 Å². The first-order chi connectivity index (χ1) is 12.7. The van der Waals surface area contributed by atoms with Crippen molar-refractivity contribution in [3.63, 3.8) is 0 Å². The number of aromatic nitrogens is 2. The minimum Gasteiger partial charge on any atom is -0.355 e. The predicted molar refractivity (Wildman–Crippen MR) is 99.6 cm³/mol. The third-order valence-electron chi connectivity index (χ3n) is 4.33. The zero-order chi connectivity index (χ0) is 17.9. The van der Waals surface area contributed by atoms with Crippen LogP contribution in [-0.4, -0.2) is 16.0 Å². The first-order valence-corrected chi connectivity index (χ1v) is 8.38. The van der Waals surface area contributed by atoms with Crippen molar-refractivity contribution in [1.29, 1.82) is 0 Å². The molecule has 0 bridgehead atoms. The summed E-state index contributed by atoms with van der Waals surface area (Å²) in [7, 11) is 0. The van der Waals surface area contributed by atoms with Crippen molar-refractivity contribution in [3.05, 3.63) is 84.2 Å². The summed E-state index contributed by atoms with van der Waals surface area (Å²) in [4.78, 5) is 16.7. The number of nitrogens with zero attached hydrogens (tertiary/aromatic N) is 2. The molecule has 0 radical (unpaired) electrons. The molecule has 0 fully saturated rings. The molecule has 0 spiro atoms. The molecule has 1 N–H and O–H groups in total. The van der Waals surface area contributed by atoms with Crippen molar-refractivity contribution in [1.82, 2.24) is 15.5 Å². The maximum Gasteiger partial charge on any atom is 0.251 e. The largest absolute Gasteiger partial charge is 0.355 e. The van der Waals surface area contributed by atoms with E-state index in [2.05, 4.69) is 15.5 Å². The van der Waals surface area contributed by atoms with Gasteiger partial charge in [-0.2, -0.15) is 0 Å². The SMILES string of the molecule is CC(NC(=O)c1ccc2noc(-c3ccccc3)c2c1)c1ccncc1. The molecule has 4 aromatic rings.